The van der Waals surface area contributed by atoms with Crippen molar-refractivity contribution in [2.24, 2.45) is 0 Å². The molecule has 1 aromatic heterocycles. The Bertz CT molecular complexity index is 378. The van der Waals surface area contributed by atoms with Gasteiger partial charge in [-0.05, 0) is 18.6 Å². The van der Waals surface area contributed by atoms with E-state index in [1.54, 1.807) is 19.1 Å². The molecule has 0 aliphatic heterocycles. The highest BCUT2D eigenvalue weighted by atomic mass is 16.5. The molecule has 0 amide bonds. The van der Waals surface area contributed by atoms with Gasteiger partial charge in [-0.1, -0.05) is 0 Å². The smallest absolute Gasteiger partial charge is 0.308 e. The number of pyridine rings is 1. The Balaban J connectivity index is 2.86. The van der Waals surface area contributed by atoms with E-state index in [9.17, 15) is 9.90 Å². The van der Waals surface area contributed by atoms with Crippen molar-refractivity contribution in [1.82, 2.24) is 4.98 Å². The average molecular weight is 225 g/mol. The third-order valence-electron chi connectivity index (χ3n) is 2.13. The van der Waals surface area contributed by atoms with Crippen LogP contribution in [-0.2, 0) is 9.53 Å². The summed E-state index contributed by atoms with van der Waals surface area (Å²) in [5, 5.41) is 9.78. The lowest BCUT2D eigenvalue weighted by molar-refractivity contribution is -0.142. The lowest BCUT2D eigenvalue weighted by Gasteiger charge is -2.11. The highest BCUT2D eigenvalue weighted by molar-refractivity contribution is 5.70. The van der Waals surface area contributed by atoms with Gasteiger partial charge in [0, 0.05) is 11.8 Å². The standard InChI is InChI=1S/C11H15NO4/c1-7-4-8(5-10(12-7)15-2)9(13)6-11(14)16-3/h4-5,9,13H,6H2,1-3H3/t9-/m0/s1. The quantitative estimate of drug-likeness (QED) is 0.774. The molecular weight excluding hydrogens is 210 g/mol. The highest BCUT2D eigenvalue weighted by Crippen LogP contribution is 2.21. The molecule has 0 aliphatic carbocycles. The SMILES string of the molecule is COC(=O)C[C@H](O)c1cc(C)nc(OC)c1. The summed E-state index contributed by atoms with van der Waals surface area (Å²) in [6, 6.07) is 3.30. The molecule has 5 nitrogen and oxygen atoms in total. The molecule has 0 saturated carbocycles. The van der Waals surface area contributed by atoms with Crippen LogP contribution in [0, 0.1) is 6.92 Å². The first kappa shape index (κ1) is 12.4. The van der Waals surface area contributed by atoms with Crippen molar-refractivity contribution >= 4 is 5.97 Å². The third-order valence-corrected chi connectivity index (χ3v) is 2.13. The number of hydrogen-bond acceptors (Lipinski definition) is 5. The van der Waals surface area contributed by atoms with Gasteiger partial charge in [0.25, 0.3) is 0 Å². The Labute approximate surface area is 94.0 Å². The van der Waals surface area contributed by atoms with E-state index in [1.165, 1.54) is 14.2 Å². The summed E-state index contributed by atoms with van der Waals surface area (Å²) in [5.41, 5.74) is 1.31. The van der Waals surface area contributed by atoms with Gasteiger partial charge in [0.05, 0.1) is 26.7 Å². The van der Waals surface area contributed by atoms with Crippen molar-refractivity contribution in [1.29, 1.82) is 0 Å². The first-order valence-electron chi connectivity index (χ1n) is 4.84. The second kappa shape index (κ2) is 5.46. The van der Waals surface area contributed by atoms with E-state index < -0.39 is 12.1 Å². The minimum Gasteiger partial charge on any atom is -0.481 e. The van der Waals surface area contributed by atoms with Crippen LogP contribution in [0.25, 0.3) is 0 Å². The van der Waals surface area contributed by atoms with E-state index in [1.807, 2.05) is 0 Å². The van der Waals surface area contributed by atoms with Gasteiger partial charge in [-0.3, -0.25) is 4.79 Å². The molecule has 0 aromatic carbocycles. The molecule has 0 unspecified atom stereocenters. The number of nitrogens with zero attached hydrogens (tertiary/aromatic N) is 1. The molecular formula is C11H15NO4. The fourth-order valence-corrected chi connectivity index (χ4v) is 1.32. The van der Waals surface area contributed by atoms with Crippen molar-refractivity contribution in [2.75, 3.05) is 14.2 Å². The van der Waals surface area contributed by atoms with Gasteiger partial charge in [0.2, 0.25) is 5.88 Å². The van der Waals surface area contributed by atoms with Crippen LogP contribution in [0.5, 0.6) is 5.88 Å². The number of rotatable bonds is 4. The normalized spacial score (nSPS) is 12.0. The maximum absolute atomic E-state index is 11.0. The molecule has 1 rings (SSSR count). The fraction of sp³-hybridized carbons (Fsp3) is 0.455. The molecule has 1 heterocycles. The summed E-state index contributed by atoms with van der Waals surface area (Å²) in [6.07, 6.45) is -0.980. The predicted molar refractivity (Wildman–Crippen MR) is 57.1 cm³/mol. The Morgan fingerprint density at radius 3 is 2.75 bits per heavy atom. The predicted octanol–water partition coefficient (Wildman–Crippen LogP) is 0.995. The third kappa shape index (κ3) is 3.20. The minimum absolute atomic E-state index is 0.0803. The van der Waals surface area contributed by atoms with Crippen molar-refractivity contribution in [2.45, 2.75) is 19.4 Å². The Morgan fingerprint density at radius 1 is 1.50 bits per heavy atom. The number of aromatic nitrogens is 1. The minimum atomic E-state index is -0.900. The molecule has 0 aliphatic rings. The van der Waals surface area contributed by atoms with E-state index in [-0.39, 0.29) is 6.42 Å². The van der Waals surface area contributed by atoms with Crippen LogP contribution in [0.3, 0.4) is 0 Å². The van der Waals surface area contributed by atoms with E-state index in [4.69, 9.17) is 4.74 Å². The maximum atomic E-state index is 11.0. The van der Waals surface area contributed by atoms with E-state index in [0.717, 1.165) is 5.69 Å². The Kier molecular flexibility index (Phi) is 4.25. The number of carbonyl (C=O) groups is 1. The molecule has 1 atom stereocenters. The van der Waals surface area contributed by atoms with Gasteiger partial charge in [0.15, 0.2) is 0 Å². The van der Waals surface area contributed by atoms with Crippen LogP contribution in [0.1, 0.15) is 23.8 Å². The van der Waals surface area contributed by atoms with Gasteiger partial charge in [0.1, 0.15) is 0 Å². The van der Waals surface area contributed by atoms with Crippen molar-refractivity contribution in [3.8, 4) is 5.88 Å². The van der Waals surface area contributed by atoms with E-state index in [2.05, 4.69) is 9.72 Å². The molecule has 5 heteroatoms. The van der Waals surface area contributed by atoms with Crippen molar-refractivity contribution in [3.63, 3.8) is 0 Å². The van der Waals surface area contributed by atoms with Gasteiger partial charge in [-0.2, -0.15) is 0 Å². The van der Waals surface area contributed by atoms with Gasteiger partial charge >= 0.3 is 5.97 Å². The fourth-order valence-electron chi connectivity index (χ4n) is 1.32. The molecule has 0 saturated heterocycles. The average Bonchev–Trinajstić information content (AvgIpc) is 2.27. The molecule has 0 radical (unpaired) electrons. The number of aliphatic hydroxyl groups excluding tert-OH is 1. The van der Waals surface area contributed by atoms with Crippen LogP contribution in [0.15, 0.2) is 12.1 Å². The molecule has 88 valence electrons. The molecule has 1 N–H and O–H groups in total. The van der Waals surface area contributed by atoms with Crippen LogP contribution in [0.4, 0.5) is 0 Å². The van der Waals surface area contributed by atoms with E-state index >= 15 is 0 Å². The second-order valence-electron chi connectivity index (χ2n) is 3.38. The largest absolute Gasteiger partial charge is 0.481 e. The lowest BCUT2D eigenvalue weighted by Crippen LogP contribution is -2.08. The van der Waals surface area contributed by atoms with Crippen LogP contribution in [-0.4, -0.2) is 30.3 Å². The molecule has 16 heavy (non-hydrogen) atoms. The van der Waals surface area contributed by atoms with Crippen LogP contribution in [0.2, 0.25) is 0 Å². The number of methoxy groups -OCH3 is 2. The zero-order valence-corrected chi connectivity index (χ0v) is 9.56. The number of ether oxygens (including phenoxy) is 2. The van der Waals surface area contributed by atoms with Crippen LogP contribution < -0.4 is 4.74 Å². The van der Waals surface area contributed by atoms with Crippen molar-refractivity contribution < 1.29 is 19.4 Å². The number of aryl methyl sites for hydroxylation is 1. The summed E-state index contributed by atoms with van der Waals surface area (Å²) < 4.78 is 9.46. The van der Waals surface area contributed by atoms with Gasteiger partial charge < -0.3 is 14.6 Å². The monoisotopic (exact) mass is 225 g/mol. The summed E-state index contributed by atoms with van der Waals surface area (Å²) in [6.45, 7) is 1.79. The molecule has 1 aromatic rings. The summed E-state index contributed by atoms with van der Waals surface area (Å²) in [4.78, 5) is 15.1. The van der Waals surface area contributed by atoms with Gasteiger partial charge in [-0.15, -0.1) is 0 Å². The van der Waals surface area contributed by atoms with Crippen molar-refractivity contribution in [3.05, 3.63) is 23.4 Å². The summed E-state index contributed by atoms with van der Waals surface area (Å²) in [7, 11) is 2.78. The topological polar surface area (TPSA) is 68.7 Å². The summed E-state index contributed by atoms with van der Waals surface area (Å²) in [5.74, 6) is -0.0418. The highest BCUT2D eigenvalue weighted by Gasteiger charge is 2.14. The Morgan fingerprint density at radius 2 is 2.19 bits per heavy atom. The maximum Gasteiger partial charge on any atom is 0.308 e. The summed E-state index contributed by atoms with van der Waals surface area (Å²) >= 11 is 0. The molecule has 0 bridgehead atoms. The Hall–Kier alpha value is -1.62. The lowest BCUT2D eigenvalue weighted by atomic mass is 10.1. The zero-order chi connectivity index (χ0) is 12.1. The van der Waals surface area contributed by atoms with Crippen LogP contribution >= 0.6 is 0 Å². The molecule has 0 spiro atoms. The first-order valence-corrected chi connectivity index (χ1v) is 4.84. The van der Waals surface area contributed by atoms with Gasteiger partial charge in [-0.25, -0.2) is 4.98 Å². The molecule has 0 fully saturated rings. The number of esters is 1. The number of aliphatic hydroxyl groups is 1. The zero-order valence-electron chi connectivity index (χ0n) is 9.56. The second-order valence-corrected chi connectivity index (χ2v) is 3.38. The van der Waals surface area contributed by atoms with E-state index in [0.29, 0.717) is 11.4 Å². The number of carbonyl (C=O) groups excluding carboxylic acids is 1. The first-order chi connectivity index (χ1) is 7.56. The number of hydrogen-bond donors (Lipinski definition) is 1.